The van der Waals surface area contributed by atoms with Crippen LogP contribution in [0.2, 0.25) is 0 Å². The molecule has 2 rings (SSSR count). The minimum atomic E-state index is 0.0211. The van der Waals surface area contributed by atoms with Crippen molar-refractivity contribution >= 4 is 11.7 Å². The summed E-state index contributed by atoms with van der Waals surface area (Å²) in [5.74, 6) is 1.42. The number of piperidine rings is 1. The van der Waals surface area contributed by atoms with Crippen LogP contribution >= 0.6 is 0 Å². The Hall–Kier alpha value is -1.65. The third-order valence-electron chi connectivity index (χ3n) is 4.26. The van der Waals surface area contributed by atoms with Crippen LogP contribution in [0.25, 0.3) is 0 Å². The summed E-state index contributed by atoms with van der Waals surface area (Å²) >= 11 is 0. The van der Waals surface area contributed by atoms with Crippen LogP contribution in [0.1, 0.15) is 63.4 Å². The molecule has 1 atom stereocenters. The largest absolute Gasteiger partial charge is 0.369 e. The van der Waals surface area contributed by atoms with Crippen LogP contribution in [0, 0.1) is 5.92 Å². The first-order chi connectivity index (χ1) is 10.6. The molecule has 0 radical (unpaired) electrons. The van der Waals surface area contributed by atoms with Crippen molar-refractivity contribution in [3.8, 4) is 0 Å². The van der Waals surface area contributed by atoms with E-state index in [9.17, 15) is 4.79 Å². The van der Waals surface area contributed by atoms with Crippen LogP contribution in [0.15, 0.2) is 12.4 Å². The minimum absolute atomic E-state index is 0.0211. The molecule has 1 saturated heterocycles. The normalized spacial score (nSPS) is 18.5. The van der Waals surface area contributed by atoms with Crippen molar-refractivity contribution in [2.24, 2.45) is 5.92 Å². The third kappa shape index (κ3) is 4.42. The number of carbonyl (C=O) groups excluding carboxylic acids is 1. The van der Waals surface area contributed by atoms with Crippen LogP contribution in [-0.2, 0) is 0 Å². The van der Waals surface area contributed by atoms with E-state index in [0.29, 0.717) is 17.7 Å². The molecule has 0 bridgehead atoms. The minimum Gasteiger partial charge on any atom is -0.369 e. The molecule has 1 fully saturated rings. The average Bonchev–Trinajstić information content (AvgIpc) is 2.54. The second-order valence-corrected chi connectivity index (χ2v) is 6.45. The van der Waals surface area contributed by atoms with Gasteiger partial charge in [0.05, 0.1) is 12.4 Å². The summed E-state index contributed by atoms with van der Waals surface area (Å²) in [4.78, 5) is 23.2. The highest BCUT2D eigenvalue weighted by Gasteiger charge is 2.26. The predicted octanol–water partition coefficient (Wildman–Crippen LogP) is 3.34. The van der Waals surface area contributed by atoms with Gasteiger partial charge in [0.15, 0.2) is 0 Å². The molecule has 1 N–H and O–H groups in total. The second kappa shape index (κ2) is 8.11. The molecule has 0 saturated carbocycles. The van der Waals surface area contributed by atoms with Crippen LogP contribution in [0.4, 0.5) is 5.82 Å². The first-order valence-corrected chi connectivity index (χ1v) is 8.48. The standard InChI is InChI=1S/C17H28N4O/c1-4-14-7-5-6-10-21(14)17(22)15-11-20-16(12-19-15)18-9-8-13(2)3/h11-14H,4-10H2,1-3H3,(H,18,20). The van der Waals surface area contributed by atoms with Gasteiger partial charge in [0.2, 0.25) is 0 Å². The number of carbonyl (C=O) groups is 1. The maximum Gasteiger partial charge on any atom is 0.274 e. The predicted molar refractivity (Wildman–Crippen MR) is 88.9 cm³/mol. The summed E-state index contributed by atoms with van der Waals surface area (Å²) in [7, 11) is 0. The summed E-state index contributed by atoms with van der Waals surface area (Å²) < 4.78 is 0. The molecule has 2 heterocycles. The summed E-state index contributed by atoms with van der Waals surface area (Å²) in [6.45, 7) is 8.25. The van der Waals surface area contributed by atoms with Gasteiger partial charge in [-0.1, -0.05) is 20.8 Å². The monoisotopic (exact) mass is 304 g/mol. The molecule has 1 amide bonds. The smallest absolute Gasteiger partial charge is 0.274 e. The topological polar surface area (TPSA) is 58.1 Å². The zero-order valence-corrected chi connectivity index (χ0v) is 14.0. The fourth-order valence-electron chi connectivity index (χ4n) is 2.86. The van der Waals surface area contributed by atoms with Gasteiger partial charge in [-0.15, -0.1) is 0 Å². The highest BCUT2D eigenvalue weighted by Crippen LogP contribution is 2.21. The number of nitrogens with zero attached hydrogens (tertiary/aromatic N) is 3. The highest BCUT2D eigenvalue weighted by atomic mass is 16.2. The SMILES string of the molecule is CCC1CCCCN1C(=O)c1cnc(NCCC(C)C)cn1. The number of nitrogens with one attached hydrogen (secondary N) is 1. The van der Waals surface area contributed by atoms with Gasteiger partial charge < -0.3 is 10.2 Å². The van der Waals surface area contributed by atoms with E-state index in [-0.39, 0.29) is 5.91 Å². The first kappa shape index (κ1) is 16.7. The van der Waals surface area contributed by atoms with Gasteiger partial charge in [0.25, 0.3) is 5.91 Å². The molecule has 1 aromatic rings. The average molecular weight is 304 g/mol. The molecule has 0 aromatic carbocycles. The van der Waals surface area contributed by atoms with Gasteiger partial charge >= 0.3 is 0 Å². The summed E-state index contributed by atoms with van der Waals surface area (Å²) in [6.07, 6.45) is 8.77. The van der Waals surface area contributed by atoms with Crippen LogP contribution in [-0.4, -0.2) is 39.9 Å². The lowest BCUT2D eigenvalue weighted by Gasteiger charge is -2.34. The lowest BCUT2D eigenvalue weighted by atomic mass is 10.00. The summed E-state index contributed by atoms with van der Waals surface area (Å²) in [6, 6.07) is 0.354. The van der Waals surface area contributed by atoms with Crippen LogP contribution < -0.4 is 5.32 Å². The van der Waals surface area contributed by atoms with Gasteiger partial charge in [-0.2, -0.15) is 0 Å². The Morgan fingerprint density at radius 2 is 2.18 bits per heavy atom. The number of hydrogen-bond acceptors (Lipinski definition) is 4. The number of amides is 1. The van der Waals surface area contributed by atoms with Crippen molar-refractivity contribution in [1.29, 1.82) is 0 Å². The van der Waals surface area contributed by atoms with Crippen LogP contribution in [0.5, 0.6) is 0 Å². The molecular formula is C17H28N4O. The lowest BCUT2D eigenvalue weighted by molar-refractivity contribution is 0.0601. The van der Waals surface area contributed by atoms with E-state index >= 15 is 0 Å². The third-order valence-corrected chi connectivity index (χ3v) is 4.26. The maximum atomic E-state index is 12.6. The van der Waals surface area contributed by atoms with E-state index in [1.165, 1.54) is 6.42 Å². The van der Waals surface area contributed by atoms with Crippen molar-refractivity contribution < 1.29 is 4.79 Å². The fourth-order valence-corrected chi connectivity index (χ4v) is 2.86. The van der Waals surface area contributed by atoms with Crippen molar-refractivity contribution in [2.75, 3.05) is 18.4 Å². The van der Waals surface area contributed by atoms with E-state index < -0.39 is 0 Å². The van der Waals surface area contributed by atoms with E-state index in [0.717, 1.165) is 44.6 Å². The van der Waals surface area contributed by atoms with Crippen molar-refractivity contribution in [1.82, 2.24) is 14.9 Å². The first-order valence-electron chi connectivity index (χ1n) is 8.48. The molecule has 1 aliphatic rings. The Kier molecular flexibility index (Phi) is 6.16. The molecule has 0 aliphatic carbocycles. The van der Waals surface area contributed by atoms with Gasteiger partial charge in [0.1, 0.15) is 11.5 Å². The van der Waals surface area contributed by atoms with E-state index in [4.69, 9.17) is 0 Å². The fraction of sp³-hybridized carbons (Fsp3) is 0.706. The molecule has 1 unspecified atom stereocenters. The highest BCUT2D eigenvalue weighted by molar-refractivity contribution is 5.92. The maximum absolute atomic E-state index is 12.6. The van der Waals surface area contributed by atoms with E-state index in [1.54, 1.807) is 12.4 Å². The molecule has 1 aliphatic heterocycles. The van der Waals surface area contributed by atoms with Crippen LogP contribution in [0.3, 0.4) is 0 Å². The lowest BCUT2D eigenvalue weighted by Crippen LogP contribution is -2.43. The van der Waals surface area contributed by atoms with Gasteiger partial charge in [-0.25, -0.2) is 9.97 Å². The Balaban J connectivity index is 1.95. The van der Waals surface area contributed by atoms with Crippen molar-refractivity contribution in [3.05, 3.63) is 18.1 Å². The summed E-state index contributed by atoms with van der Waals surface area (Å²) in [5.41, 5.74) is 0.453. The molecule has 0 spiro atoms. The molecule has 5 nitrogen and oxygen atoms in total. The van der Waals surface area contributed by atoms with E-state index in [2.05, 4.69) is 36.1 Å². The van der Waals surface area contributed by atoms with Gasteiger partial charge in [-0.3, -0.25) is 4.79 Å². The summed E-state index contributed by atoms with van der Waals surface area (Å²) in [5, 5.41) is 3.24. The Bertz CT molecular complexity index is 472. The second-order valence-electron chi connectivity index (χ2n) is 6.45. The quantitative estimate of drug-likeness (QED) is 0.875. The zero-order valence-electron chi connectivity index (χ0n) is 14.0. The molecule has 122 valence electrons. The van der Waals surface area contributed by atoms with Crippen molar-refractivity contribution in [3.63, 3.8) is 0 Å². The zero-order chi connectivity index (χ0) is 15.9. The number of aromatic nitrogens is 2. The van der Waals surface area contributed by atoms with Crippen molar-refractivity contribution in [2.45, 2.75) is 58.9 Å². The number of likely N-dealkylation sites (tertiary alicyclic amines) is 1. The molecular weight excluding hydrogens is 276 g/mol. The number of rotatable bonds is 6. The van der Waals surface area contributed by atoms with Gasteiger partial charge in [-0.05, 0) is 38.0 Å². The Labute approximate surface area is 133 Å². The molecule has 22 heavy (non-hydrogen) atoms. The molecule has 1 aromatic heterocycles. The van der Waals surface area contributed by atoms with Gasteiger partial charge in [0, 0.05) is 19.1 Å². The Morgan fingerprint density at radius 1 is 1.36 bits per heavy atom. The van der Waals surface area contributed by atoms with E-state index in [1.807, 2.05) is 4.90 Å². The Morgan fingerprint density at radius 3 is 2.82 bits per heavy atom. The molecule has 5 heteroatoms. The number of anilines is 1. The number of hydrogen-bond donors (Lipinski definition) is 1.